The lowest BCUT2D eigenvalue weighted by Gasteiger charge is -2.35. The maximum absolute atomic E-state index is 11.4. The highest BCUT2D eigenvalue weighted by molar-refractivity contribution is 5.95. The largest absolute Gasteiger partial charge is 0.489 e. The number of anilines is 1. The summed E-state index contributed by atoms with van der Waals surface area (Å²) in [6, 6.07) is 7.82. The van der Waals surface area contributed by atoms with E-state index in [0.717, 1.165) is 17.9 Å². The molecule has 1 heterocycles. The first-order valence-corrected chi connectivity index (χ1v) is 6.01. The van der Waals surface area contributed by atoms with Crippen LogP contribution in [0.1, 0.15) is 30.1 Å². The van der Waals surface area contributed by atoms with Crippen molar-refractivity contribution in [3.05, 3.63) is 23.8 Å². The number of ketones is 1. The molecule has 4 nitrogen and oxygen atoms in total. The van der Waals surface area contributed by atoms with Crippen molar-refractivity contribution in [3.63, 3.8) is 0 Å². The average molecular weight is 244 g/mol. The zero-order valence-electron chi connectivity index (χ0n) is 10.6. The van der Waals surface area contributed by atoms with Gasteiger partial charge in [0.1, 0.15) is 12.4 Å². The van der Waals surface area contributed by atoms with E-state index in [-0.39, 0.29) is 11.8 Å². The molecule has 0 aromatic heterocycles. The number of benzene rings is 1. The van der Waals surface area contributed by atoms with Crippen LogP contribution in [0.25, 0.3) is 0 Å². The van der Waals surface area contributed by atoms with Gasteiger partial charge in [0.15, 0.2) is 5.78 Å². The number of rotatable bonds is 3. The van der Waals surface area contributed by atoms with Crippen molar-refractivity contribution in [1.29, 1.82) is 5.26 Å². The zero-order chi connectivity index (χ0) is 13.1. The number of carbonyl (C=O) groups is 1. The first kappa shape index (κ1) is 12.4. The Morgan fingerprint density at radius 2 is 2.39 bits per heavy atom. The molecule has 1 atom stereocenters. The Balaban J connectivity index is 2.26. The Kier molecular flexibility index (Phi) is 3.52. The van der Waals surface area contributed by atoms with Crippen molar-refractivity contribution in [2.45, 2.75) is 25.8 Å². The molecule has 1 aromatic carbocycles. The highest BCUT2D eigenvalue weighted by atomic mass is 16.5. The summed E-state index contributed by atoms with van der Waals surface area (Å²) >= 11 is 0. The molecule has 1 aromatic rings. The number of ether oxygens (including phenoxy) is 1. The topological polar surface area (TPSA) is 53.3 Å². The minimum Gasteiger partial charge on any atom is -0.489 e. The van der Waals surface area contributed by atoms with E-state index >= 15 is 0 Å². The molecule has 1 aliphatic rings. The maximum Gasteiger partial charge on any atom is 0.159 e. The van der Waals surface area contributed by atoms with Gasteiger partial charge in [-0.3, -0.25) is 4.79 Å². The summed E-state index contributed by atoms with van der Waals surface area (Å²) in [6.07, 6.45) is 1.29. The molecule has 0 fully saturated rings. The fraction of sp³-hybridized carbons (Fsp3) is 0.429. The number of nitrogens with zero attached hydrogens (tertiary/aromatic N) is 2. The molecule has 1 unspecified atom stereocenters. The number of fused-ring (bicyclic) bond motifs is 1. The predicted molar refractivity (Wildman–Crippen MR) is 69.0 cm³/mol. The minimum absolute atomic E-state index is 0.0466. The highest BCUT2D eigenvalue weighted by Gasteiger charge is 2.24. The van der Waals surface area contributed by atoms with E-state index in [1.165, 1.54) is 0 Å². The molecule has 0 amide bonds. The van der Waals surface area contributed by atoms with E-state index in [1.807, 2.05) is 19.2 Å². The summed E-state index contributed by atoms with van der Waals surface area (Å²) in [5.74, 6) is 0.848. The lowest BCUT2D eigenvalue weighted by Crippen LogP contribution is -2.40. The van der Waals surface area contributed by atoms with Gasteiger partial charge in [-0.2, -0.15) is 5.26 Å². The molecule has 1 aliphatic heterocycles. The van der Waals surface area contributed by atoms with Crippen LogP contribution in [0.15, 0.2) is 18.2 Å². The molecule has 0 spiro atoms. The predicted octanol–water partition coefficient (Wildman–Crippen LogP) is 2.39. The van der Waals surface area contributed by atoms with Crippen molar-refractivity contribution < 1.29 is 9.53 Å². The van der Waals surface area contributed by atoms with E-state index in [4.69, 9.17) is 10.00 Å². The first-order chi connectivity index (χ1) is 8.63. The molecular weight excluding hydrogens is 228 g/mol. The van der Waals surface area contributed by atoms with Gasteiger partial charge in [-0.1, -0.05) is 0 Å². The van der Waals surface area contributed by atoms with Gasteiger partial charge in [0.25, 0.3) is 0 Å². The summed E-state index contributed by atoms with van der Waals surface area (Å²) in [7, 11) is 1.98. The van der Waals surface area contributed by atoms with Crippen LogP contribution < -0.4 is 9.64 Å². The van der Waals surface area contributed by atoms with Gasteiger partial charge >= 0.3 is 0 Å². The molecule has 0 aliphatic carbocycles. The van der Waals surface area contributed by atoms with Crippen molar-refractivity contribution in [2.75, 3.05) is 18.6 Å². The highest BCUT2D eigenvalue weighted by Crippen LogP contribution is 2.34. The van der Waals surface area contributed by atoms with Gasteiger partial charge in [-0.15, -0.1) is 0 Å². The molecule has 94 valence electrons. The smallest absolute Gasteiger partial charge is 0.159 e. The Labute approximate surface area is 107 Å². The van der Waals surface area contributed by atoms with E-state index in [9.17, 15) is 4.79 Å². The second-order valence-electron chi connectivity index (χ2n) is 4.51. The summed E-state index contributed by atoms with van der Waals surface area (Å²) < 4.78 is 5.68. The molecule has 0 saturated heterocycles. The number of carbonyl (C=O) groups excluding carboxylic acids is 1. The number of hydrogen-bond donors (Lipinski definition) is 0. The standard InChI is InChI=1S/C14H16N2O2/c1-10(17)11-5-6-14-13(8-11)16(2)12(9-18-14)4-3-7-15/h5-6,8,12H,3-4,9H2,1-2H3. The number of Topliss-reactive ketones (excluding diaryl/α,β-unsaturated/α-hetero) is 1. The Bertz CT molecular complexity index is 505. The molecular formula is C14H16N2O2. The third-order valence-corrected chi connectivity index (χ3v) is 3.31. The molecule has 4 heteroatoms. The quantitative estimate of drug-likeness (QED) is 0.766. The van der Waals surface area contributed by atoms with Crippen LogP contribution in [0.5, 0.6) is 5.75 Å². The molecule has 18 heavy (non-hydrogen) atoms. The van der Waals surface area contributed by atoms with Crippen LogP contribution in [0.4, 0.5) is 5.69 Å². The monoisotopic (exact) mass is 244 g/mol. The van der Waals surface area contributed by atoms with Crippen LogP contribution >= 0.6 is 0 Å². The summed E-state index contributed by atoms with van der Waals surface area (Å²) in [5, 5.41) is 8.64. The van der Waals surface area contributed by atoms with E-state index in [1.54, 1.807) is 13.0 Å². The fourth-order valence-corrected chi connectivity index (χ4v) is 2.14. The van der Waals surface area contributed by atoms with Crippen molar-refractivity contribution in [2.24, 2.45) is 0 Å². The van der Waals surface area contributed by atoms with E-state index < -0.39 is 0 Å². The van der Waals surface area contributed by atoms with Crippen LogP contribution in [-0.4, -0.2) is 25.5 Å². The first-order valence-electron chi connectivity index (χ1n) is 6.01. The zero-order valence-corrected chi connectivity index (χ0v) is 10.6. The average Bonchev–Trinajstić information content (AvgIpc) is 2.37. The van der Waals surface area contributed by atoms with E-state index in [2.05, 4.69) is 11.0 Å². The Hall–Kier alpha value is -2.02. The maximum atomic E-state index is 11.4. The van der Waals surface area contributed by atoms with Crippen molar-refractivity contribution in [3.8, 4) is 11.8 Å². The van der Waals surface area contributed by atoms with Gasteiger partial charge in [-0.05, 0) is 31.5 Å². The van der Waals surface area contributed by atoms with E-state index in [0.29, 0.717) is 18.6 Å². The third kappa shape index (κ3) is 2.30. The SMILES string of the molecule is CC(=O)c1ccc2c(c1)N(C)C(CCC#N)CO2. The van der Waals surface area contributed by atoms with Crippen molar-refractivity contribution >= 4 is 11.5 Å². The Morgan fingerprint density at radius 3 is 3.06 bits per heavy atom. The van der Waals surface area contributed by atoms with Gasteiger partial charge in [0, 0.05) is 19.0 Å². The number of likely N-dealkylation sites (N-methyl/N-ethyl adjacent to an activating group) is 1. The van der Waals surface area contributed by atoms with Crippen LogP contribution in [0.3, 0.4) is 0 Å². The summed E-state index contributed by atoms with van der Waals surface area (Å²) in [6.45, 7) is 2.14. The molecule has 0 saturated carbocycles. The van der Waals surface area contributed by atoms with Crippen LogP contribution in [0, 0.1) is 11.3 Å². The second-order valence-corrected chi connectivity index (χ2v) is 4.51. The molecule has 0 N–H and O–H groups in total. The Morgan fingerprint density at radius 1 is 1.61 bits per heavy atom. The summed E-state index contributed by atoms with van der Waals surface area (Å²) in [5.41, 5.74) is 1.61. The normalized spacial score (nSPS) is 17.6. The lowest BCUT2D eigenvalue weighted by molar-refractivity contribution is 0.101. The van der Waals surface area contributed by atoms with Gasteiger partial charge in [-0.25, -0.2) is 0 Å². The molecule has 2 rings (SSSR count). The van der Waals surface area contributed by atoms with Crippen LogP contribution in [0.2, 0.25) is 0 Å². The fourth-order valence-electron chi connectivity index (χ4n) is 2.14. The van der Waals surface area contributed by atoms with Gasteiger partial charge in [0.2, 0.25) is 0 Å². The molecule has 0 bridgehead atoms. The van der Waals surface area contributed by atoms with Gasteiger partial charge in [0.05, 0.1) is 17.8 Å². The second kappa shape index (κ2) is 5.09. The van der Waals surface area contributed by atoms with Crippen LogP contribution in [-0.2, 0) is 0 Å². The number of hydrogen-bond acceptors (Lipinski definition) is 4. The van der Waals surface area contributed by atoms with Crippen molar-refractivity contribution in [1.82, 2.24) is 0 Å². The molecule has 0 radical (unpaired) electrons. The number of nitriles is 1. The third-order valence-electron chi connectivity index (χ3n) is 3.31. The summed E-state index contributed by atoms with van der Waals surface area (Å²) in [4.78, 5) is 13.5. The minimum atomic E-state index is 0.0466. The lowest BCUT2D eigenvalue weighted by atomic mass is 10.1. The van der Waals surface area contributed by atoms with Gasteiger partial charge < -0.3 is 9.64 Å².